The van der Waals surface area contributed by atoms with E-state index in [0.29, 0.717) is 5.52 Å². The molecule has 16 nitrogen and oxygen atoms in total. The molecule has 0 saturated carbocycles. The summed E-state index contributed by atoms with van der Waals surface area (Å²) in [5.41, 5.74) is 4.47. The van der Waals surface area contributed by atoms with E-state index in [0.717, 1.165) is 0 Å². The van der Waals surface area contributed by atoms with Gasteiger partial charge in [-0.3, -0.25) is 18.9 Å². The van der Waals surface area contributed by atoms with E-state index in [2.05, 4.69) is 15.2 Å². The van der Waals surface area contributed by atoms with Crippen LogP contribution >= 0.6 is 7.75 Å². The average Bonchev–Trinajstić information content (AvgIpc) is 3.60. The van der Waals surface area contributed by atoms with Gasteiger partial charge in [0.05, 0.1) is 23.6 Å². The van der Waals surface area contributed by atoms with Gasteiger partial charge in [0.25, 0.3) is 0 Å². The molecule has 3 aromatic rings. The van der Waals surface area contributed by atoms with Crippen LogP contribution in [0.25, 0.3) is 5.52 Å². The van der Waals surface area contributed by atoms with Crippen molar-refractivity contribution in [2.45, 2.75) is 84.5 Å². The van der Waals surface area contributed by atoms with Crippen LogP contribution in [0, 0.1) is 23.2 Å². The van der Waals surface area contributed by atoms with Crippen LogP contribution in [0.2, 0.25) is 0 Å². The molecule has 49 heavy (non-hydrogen) atoms. The number of nitrogens with one attached hydrogen (secondary N) is 1. The number of hydrogen-bond donors (Lipinski definition) is 2. The molecule has 4 rings (SSSR count). The van der Waals surface area contributed by atoms with Gasteiger partial charge in [0.2, 0.25) is 5.60 Å². The quantitative estimate of drug-likeness (QED) is 0.138. The molecule has 1 saturated heterocycles. The number of benzene rings is 1. The first-order chi connectivity index (χ1) is 23.1. The molecule has 3 N–H and O–H groups in total. The van der Waals surface area contributed by atoms with Gasteiger partial charge in [-0.1, -0.05) is 45.9 Å². The number of rotatable bonds is 14. The van der Waals surface area contributed by atoms with Crippen LogP contribution in [-0.4, -0.2) is 69.1 Å². The first kappa shape index (κ1) is 37.3. The third kappa shape index (κ3) is 8.55. The van der Waals surface area contributed by atoms with Crippen molar-refractivity contribution in [3.63, 3.8) is 0 Å². The zero-order valence-electron chi connectivity index (χ0n) is 28.3. The van der Waals surface area contributed by atoms with Gasteiger partial charge in [0.15, 0.2) is 18.0 Å². The first-order valence-electron chi connectivity index (χ1n) is 15.7. The first-order valence-corrected chi connectivity index (χ1v) is 17.2. The van der Waals surface area contributed by atoms with Gasteiger partial charge in [0.1, 0.15) is 42.4 Å². The lowest BCUT2D eigenvalue weighted by Gasteiger charge is -2.31. The summed E-state index contributed by atoms with van der Waals surface area (Å²) in [5, 5.41) is 17.6. The Morgan fingerprint density at radius 2 is 1.67 bits per heavy atom. The number of carbonyl (C=O) groups excluding carboxylic acids is 3. The molecule has 17 heteroatoms. The lowest BCUT2D eigenvalue weighted by molar-refractivity contribution is -0.173. The summed E-state index contributed by atoms with van der Waals surface area (Å²) in [6.07, 6.45) is -3.57. The van der Waals surface area contributed by atoms with E-state index in [-0.39, 0.29) is 17.3 Å². The highest BCUT2D eigenvalue weighted by atomic mass is 31.2. The summed E-state index contributed by atoms with van der Waals surface area (Å²) in [6, 6.07) is 12.0. The van der Waals surface area contributed by atoms with E-state index in [4.69, 9.17) is 33.7 Å². The number of nitriles is 1. The number of para-hydroxylation sites is 1. The molecule has 6 atom stereocenters. The highest BCUT2D eigenvalue weighted by Gasteiger charge is 2.62. The SMILES string of the molecule is CC(C)OC(=O)C(C)NP(=O)(OC[C@@]1(C#N)O[C@@H](c2ccc3c(N)ncnn23)[C@H](OC(=O)C(C)C)[C@@H]1OC(=O)C(C)C)Oc1ccccc1. The third-order valence-corrected chi connectivity index (χ3v) is 8.92. The van der Waals surface area contributed by atoms with Gasteiger partial charge in [0, 0.05) is 0 Å². The molecule has 0 aliphatic carbocycles. The van der Waals surface area contributed by atoms with Crippen LogP contribution in [0.1, 0.15) is 60.3 Å². The molecule has 0 bridgehead atoms. The summed E-state index contributed by atoms with van der Waals surface area (Å²) >= 11 is 0. The van der Waals surface area contributed by atoms with Crippen molar-refractivity contribution >= 4 is 37.0 Å². The van der Waals surface area contributed by atoms with Crippen LogP contribution in [-0.2, 0) is 42.4 Å². The molecule has 2 unspecified atom stereocenters. The number of anilines is 1. The molecular weight excluding hydrogens is 659 g/mol. The maximum absolute atomic E-state index is 14.3. The van der Waals surface area contributed by atoms with Crippen LogP contribution in [0.5, 0.6) is 5.75 Å². The Bertz CT molecular complexity index is 1740. The second kappa shape index (κ2) is 15.3. The monoisotopic (exact) mass is 700 g/mol. The average molecular weight is 701 g/mol. The highest BCUT2D eigenvalue weighted by Crippen LogP contribution is 2.50. The second-order valence-corrected chi connectivity index (χ2v) is 14.0. The molecule has 1 fully saturated rings. The van der Waals surface area contributed by atoms with E-state index in [1.54, 1.807) is 71.9 Å². The fraction of sp³-hybridized carbons (Fsp3) is 0.500. The molecule has 0 radical (unpaired) electrons. The Kier molecular flexibility index (Phi) is 11.7. The Morgan fingerprint density at radius 3 is 2.29 bits per heavy atom. The van der Waals surface area contributed by atoms with Crippen molar-refractivity contribution in [2.24, 2.45) is 11.8 Å². The van der Waals surface area contributed by atoms with Gasteiger partial charge in [-0.2, -0.15) is 15.4 Å². The van der Waals surface area contributed by atoms with Crippen molar-refractivity contribution in [1.29, 1.82) is 5.26 Å². The highest BCUT2D eigenvalue weighted by molar-refractivity contribution is 7.52. The number of nitrogens with zero attached hydrogens (tertiary/aromatic N) is 4. The maximum atomic E-state index is 14.3. The molecule has 264 valence electrons. The molecule has 3 heterocycles. The second-order valence-electron chi connectivity index (χ2n) is 12.3. The molecule has 1 aromatic carbocycles. The molecule has 1 aliphatic rings. The number of nitrogens with two attached hydrogens (primary N) is 1. The molecule has 0 amide bonds. The van der Waals surface area contributed by atoms with Crippen molar-refractivity contribution < 1.29 is 46.9 Å². The number of aromatic nitrogens is 3. The normalized spacial score (nSPS) is 22.4. The van der Waals surface area contributed by atoms with Gasteiger partial charge >= 0.3 is 25.7 Å². The Hall–Kier alpha value is -4.55. The van der Waals surface area contributed by atoms with Crippen molar-refractivity contribution in [1.82, 2.24) is 19.7 Å². The number of hydrogen-bond acceptors (Lipinski definition) is 14. The van der Waals surface area contributed by atoms with Crippen LogP contribution in [0.4, 0.5) is 5.82 Å². The fourth-order valence-electron chi connectivity index (χ4n) is 4.77. The van der Waals surface area contributed by atoms with Crippen molar-refractivity contribution in [2.75, 3.05) is 12.3 Å². The van der Waals surface area contributed by atoms with Crippen molar-refractivity contribution in [3.8, 4) is 11.8 Å². The summed E-state index contributed by atoms with van der Waals surface area (Å²) < 4.78 is 50.7. The number of nitrogen functional groups attached to an aromatic ring is 1. The fourth-order valence-corrected chi connectivity index (χ4v) is 6.29. The standard InChI is InChI=1S/C32H41N6O10P/c1-18(2)29(39)45-26-25(23-13-14-24-28(34)35-17-36-38(23)24)47-32(15-33,27(26)46-30(40)19(3)4)16-43-49(42,48-22-11-9-8-10-12-22)37-21(7)31(41)44-20(5)6/h8-14,17-21,25-27H,16H2,1-7H3,(H,37,42)(H2,34,35,36)/t21?,25-,26-,27-,32+,49?/m0/s1. The van der Waals surface area contributed by atoms with Crippen LogP contribution in [0.3, 0.4) is 0 Å². The number of ether oxygens (including phenoxy) is 4. The predicted octanol–water partition coefficient (Wildman–Crippen LogP) is 3.91. The largest absolute Gasteiger partial charge is 0.462 e. The van der Waals surface area contributed by atoms with Gasteiger partial charge in [-0.15, -0.1) is 0 Å². The van der Waals surface area contributed by atoms with E-state index in [9.17, 15) is 24.2 Å². The lowest BCUT2D eigenvalue weighted by atomic mass is 9.95. The maximum Gasteiger partial charge on any atom is 0.459 e. The smallest absolute Gasteiger partial charge is 0.459 e. The minimum Gasteiger partial charge on any atom is -0.462 e. The van der Waals surface area contributed by atoms with Gasteiger partial charge in [-0.25, -0.2) is 14.1 Å². The van der Waals surface area contributed by atoms with E-state index in [1.165, 1.54) is 29.9 Å². The van der Waals surface area contributed by atoms with Crippen LogP contribution in [0.15, 0.2) is 48.8 Å². The molecular formula is C32H41N6O10P. The van der Waals surface area contributed by atoms with E-state index >= 15 is 0 Å². The molecule has 1 aliphatic heterocycles. The lowest BCUT2D eigenvalue weighted by Crippen LogP contribution is -2.50. The molecule has 2 aromatic heterocycles. The Labute approximate surface area is 283 Å². The Balaban J connectivity index is 1.80. The van der Waals surface area contributed by atoms with E-state index < -0.39 is 80.2 Å². The van der Waals surface area contributed by atoms with Crippen LogP contribution < -0.4 is 15.3 Å². The summed E-state index contributed by atoms with van der Waals surface area (Å²) in [6.45, 7) is 10.2. The minimum atomic E-state index is -4.54. The van der Waals surface area contributed by atoms with Gasteiger partial charge < -0.3 is 29.2 Å². The third-order valence-electron chi connectivity index (χ3n) is 7.30. The Morgan fingerprint density at radius 1 is 1.02 bits per heavy atom. The topological polar surface area (TPSA) is 216 Å². The number of fused-ring (bicyclic) bond motifs is 1. The predicted molar refractivity (Wildman–Crippen MR) is 173 cm³/mol. The summed E-state index contributed by atoms with van der Waals surface area (Å²) in [7, 11) is -4.54. The number of carbonyl (C=O) groups is 3. The number of esters is 3. The molecule has 0 spiro atoms. The summed E-state index contributed by atoms with van der Waals surface area (Å²) in [4.78, 5) is 42.9. The minimum absolute atomic E-state index is 0.113. The zero-order valence-corrected chi connectivity index (χ0v) is 29.2. The van der Waals surface area contributed by atoms with Gasteiger partial charge in [-0.05, 0) is 45.0 Å². The van der Waals surface area contributed by atoms with Crippen molar-refractivity contribution in [3.05, 3.63) is 54.5 Å². The summed E-state index contributed by atoms with van der Waals surface area (Å²) in [5.74, 6) is -3.18. The van der Waals surface area contributed by atoms with E-state index in [1.807, 2.05) is 6.07 Å². The zero-order chi connectivity index (χ0) is 36.1.